The van der Waals surface area contributed by atoms with E-state index in [-0.39, 0.29) is 12.5 Å². The minimum absolute atomic E-state index is 0.0670. The maximum Gasteiger partial charge on any atom is 0.262 e. The van der Waals surface area contributed by atoms with Gasteiger partial charge in [-0.05, 0) is 31.2 Å². The fraction of sp³-hybridized carbons (Fsp3) is 0.381. The molecule has 2 aromatic carbocycles. The first-order valence-electron chi connectivity index (χ1n) is 9.44. The van der Waals surface area contributed by atoms with Crippen LogP contribution in [0.25, 0.3) is 0 Å². The molecule has 6 heteroatoms. The number of hydrogen-bond donors (Lipinski definition) is 2. The Morgan fingerprint density at radius 1 is 1.07 bits per heavy atom. The lowest BCUT2D eigenvalue weighted by Gasteiger charge is -2.34. The van der Waals surface area contributed by atoms with Gasteiger partial charge in [0.05, 0.1) is 51.2 Å². The van der Waals surface area contributed by atoms with Gasteiger partial charge in [-0.1, -0.05) is 24.3 Å². The molecular formula is C21H28N3O3+. The molecule has 6 nitrogen and oxygen atoms in total. The lowest BCUT2D eigenvalue weighted by atomic mass is 10.2. The number of anilines is 2. The van der Waals surface area contributed by atoms with Gasteiger partial charge in [-0.3, -0.25) is 4.79 Å². The number of ether oxygens (including phenoxy) is 2. The number of amides is 1. The summed E-state index contributed by atoms with van der Waals surface area (Å²) in [5.41, 5.74) is 1.89. The number of carbonyl (C=O) groups excluding carboxylic acids is 1. The molecule has 2 aromatic rings. The molecule has 0 unspecified atom stereocenters. The zero-order valence-electron chi connectivity index (χ0n) is 16.0. The Hall–Kier alpha value is -2.73. The molecule has 1 aliphatic rings. The summed E-state index contributed by atoms with van der Waals surface area (Å²) < 4.78 is 10.9. The van der Waals surface area contributed by atoms with E-state index in [2.05, 4.69) is 23.2 Å². The predicted molar refractivity (Wildman–Crippen MR) is 107 cm³/mol. The lowest BCUT2D eigenvalue weighted by Crippen LogP contribution is -3.14. The molecule has 27 heavy (non-hydrogen) atoms. The summed E-state index contributed by atoms with van der Waals surface area (Å²) in [6.45, 7) is 7.54. The molecule has 144 valence electrons. The number of carbonyl (C=O) groups is 1. The van der Waals surface area contributed by atoms with Gasteiger partial charge in [-0.25, -0.2) is 0 Å². The highest BCUT2D eigenvalue weighted by Crippen LogP contribution is 2.27. The largest absolute Gasteiger partial charge is 0.493 e. The summed E-state index contributed by atoms with van der Waals surface area (Å²) in [5, 5.41) is 2.99. The van der Waals surface area contributed by atoms with Gasteiger partial charge in [0.1, 0.15) is 0 Å². The van der Waals surface area contributed by atoms with Crippen LogP contribution in [0.5, 0.6) is 11.5 Å². The van der Waals surface area contributed by atoms with Crippen LogP contribution in [0.4, 0.5) is 11.4 Å². The molecule has 0 spiro atoms. The van der Waals surface area contributed by atoms with E-state index in [9.17, 15) is 4.79 Å². The zero-order valence-corrected chi connectivity index (χ0v) is 16.0. The van der Waals surface area contributed by atoms with Crippen LogP contribution in [0.2, 0.25) is 0 Å². The molecule has 2 N–H and O–H groups in total. The fourth-order valence-electron chi connectivity index (χ4n) is 3.34. The lowest BCUT2D eigenvalue weighted by molar-refractivity contribution is -0.898. The average Bonchev–Trinajstić information content (AvgIpc) is 2.73. The molecule has 0 radical (unpaired) electrons. The first-order valence-corrected chi connectivity index (χ1v) is 9.44. The van der Waals surface area contributed by atoms with Crippen molar-refractivity contribution in [3.05, 3.63) is 48.5 Å². The Morgan fingerprint density at radius 3 is 2.44 bits per heavy atom. The minimum Gasteiger partial charge on any atom is -0.493 e. The highest BCUT2D eigenvalue weighted by atomic mass is 16.5. The molecule has 1 fully saturated rings. The average molecular weight is 370 g/mol. The van der Waals surface area contributed by atoms with Gasteiger partial charge in [0.2, 0.25) is 0 Å². The highest BCUT2D eigenvalue weighted by molar-refractivity contribution is 5.95. The molecule has 1 saturated heterocycles. The van der Waals surface area contributed by atoms with Crippen molar-refractivity contribution in [2.75, 3.05) is 56.7 Å². The van der Waals surface area contributed by atoms with E-state index in [1.807, 2.05) is 30.3 Å². The second-order valence-electron chi connectivity index (χ2n) is 6.60. The van der Waals surface area contributed by atoms with Crippen LogP contribution in [0.1, 0.15) is 6.92 Å². The minimum atomic E-state index is -0.189. The maximum atomic E-state index is 12.4. The molecule has 0 atom stereocenters. The molecule has 3 rings (SSSR count). The van der Waals surface area contributed by atoms with Crippen molar-refractivity contribution in [1.29, 1.82) is 0 Å². The van der Waals surface area contributed by atoms with Crippen molar-refractivity contribution in [1.82, 2.24) is 0 Å². The van der Waals surface area contributed by atoms with E-state index in [0.717, 1.165) is 44.1 Å². The second-order valence-corrected chi connectivity index (χ2v) is 6.60. The van der Waals surface area contributed by atoms with E-state index >= 15 is 0 Å². The SMILES string of the molecule is CC[NH+]1CCN(c2ccccc2NC(=O)COc2ccccc2OC)CC1. The van der Waals surface area contributed by atoms with E-state index in [4.69, 9.17) is 9.47 Å². The predicted octanol–water partition coefficient (Wildman–Crippen LogP) is 1.44. The van der Waals surface area contributed by atoms with Gasteiger partial charge in [0.15, 0.2) is 18.1 Å². The van der Waals surface area contributed by atoms with Crippen LogP contribution in [0, 0.1) is 0 Å². The van der Waals surface area contributed by atoms with Gasteiger partial charge in [0.25, 0.3) is 5.91 Å². The Balaban J connectivity index is 1.61. The van der Waals surface area contributed by atoms with E-state index in [1.165, 1.54) is 0 Å². The Labute approximate surface area is 160 Å². The molecule has 0 saturated carbocycles. The topological polar surface area (TPSA) is 55.2 Å². The summed E-state index contributed by atoms with van der Waals surface area (Å²) >= 11 is 0. The first kappa shape index (κ1) is 19.0. The third-order valence-corrected chi connectivity index (χ3v) is 4.92. The molecule has 0 bridgehead atoms. The smallest absolute Gasteiger partial charge is 0.262 e. The zero-order chi connectivity index (χ0) is 19.1. The molecule has 1 heterocycles. The summed E-state index contributed by atoms with van der Waals surface area (Å²) in [6, 6.07) is 15.3. The number of quaternary nitrogens is 1. The number of benzene rings is 2. The standard InChI is InChI=1S/C21H27N3O3/c1-3-23-12-14-24(15-13-23)18-9-5-4-8-17(18)22-21(25)16-27-20-11-7-6-10-19(20)26-2/h4-11H,3,12-16H2,1-2H3,(H,22,25)/p+1. The van der Waals surface area contributed by atoms with Crippen molar-refractivity contribution in [3.8, 4) is 11.5 Å². The number of nitrogens with one attached hydrogen (secondary N) is 2. The van der Waals surface area contributed by atoms with Crippen LogP contribution in [0.15, 0.2) is 48.5 Å². The number of piperazine rings is 1. The van der Waals surface area contributed by atoms with Gasteiger partial charge < -0.3 is 24.6 Å². The highest BCUT2D eigenvalue weighted by Gasteiger charge is 2.21. The maximum absolute atomic E-state index is 12.4. The Kier molecular flexibility index (Phi) is 6.54. The number of para-hydroxylation sites is 4. The van der Waals surface area contributed by atoms with Crippen LogP contribution in [-0.2, 0) is 4.79 Å². The van der Waals surface area contributed by atoms with Crippen LogP contribution in [0.3, 0.4) is 0 Å². The number of hydrogen-bond acceptors (Lipinski definition) is 4. The normalized spacial score (nSPS) is 14.7. The van der Waals surface area contributed by atoms with E-state index < -0.39 is 0 Å². The number of methoxy groups -OCH3 is 1. The number of nitrogens with zero attached hydrogens (tertiary/aromatic N) is 1. The van der Waals surface area contributed by atoms with E-state index in [1.54, 1.807) is 24.1 Å². The Bertz CT molecular complexity index is 758. The molecule has 1 aliphatic heterocycles. The van der Waals surface area contributed by atoms with Crippen LogP contribution < -0.4 is 24.6 Å². The molecule has 1 amide bonds. The second kappa shape index (κ2) is 9.28. The van der Waals surface area contributed by atoms with Crippen LogP contribution in [-0.4, -0.2) is 52.3 Å². The summed E-state index contributed by atoms with van der Waals surface area (Å²) in [6.07, 6.45) is 0. The van der Waals surface area contributed by atoms with Crippen molar-refractivity contribution in [3.63, 3.8) is 0 Å². The van der Waals surface area contributed by atoms with Crippen molar-refractivity contribution in [2.45, 2.75) is 6.92 Å². The van der Waals surface area contributed by atoms with Crippen molar-refractivity contribution < 1.29 is 19.2 Å². The summed E-state index contributed by atoms with van der Waals surface area (Å²) in [4.78, 5) is 16.4. The van der Waals surface area contributed by atoms with Crippen molar-refractivity contribution >= 4 is 17.3 Å². The summed E-state index contributed by atoms with van der Waals surface area (Å²) in [7, 11) is 1.58. The van der Waals surface area contributed by atoms with Crippen LogP contribution >= 0.6 is 0 Å². The number of likely N-dealkylation sites (N-methyl/N-ethyl adjacent to an activating group) is 1. The fourth-order valence-corrected chi connectivity index (χ4v) is 3.34. The van der Waals surface area contributed by atoms with Crippen molar-refractivity contribution in [2.24, 2.45) is 0 Å². The van der Waals surface area contributed by atoms with E-state index in [0.29, 0.717) is 11.5 Å². The molecular weight excluding hydrogens is 342 g/mol. The third kappa shape index (κ3) is 4.92. The molecule has 0 aromatic heterocycles. The quantitative estimate of drug-likeness (QED) is 0.774. The molecule has 0 aliphatic carbocycles. The van der Waals surface area contributed by atoms with Gasteiger partial charge in [-0.2, -0.15) is 0 Å². The first-order chi connectivity index (χ1) is 13.2. The Morgan fingerprint density at radius 2 is 1.74 bits per heavy atom. The van der Waals surface area contributed by atoms with Gasteiger partial charge in [-0.15, -0.1) is 0 Å². The van der Waals surface area contributed by atoms with Gasteiger partial charge in [0, 0.05) is 0 Å². The third-order valence-electron chi connectivity index (χ3n) is 4.92. The number of rotatable bonds is 7. The summed E-state index contributed by atoms with van der Waals surface area (Å²) in [5.74, 6) is 0.982. The monoisotopic (exact) mass is 370 g/mol. The van der Waals surface area contributed by atoms with Gasteiger partial charge >= 0.3 is 0 Å².